The van der Waals surface area contributed by atoms with E-state index in [1.807, 2.05) is 13.8 Å². The molecule has 2 aromatic carbocycles. The summed E-state index contributed by atoms with van der Waals surface area (Å²) < 4.78 is 10.7. The Balaban J connectivity index is 1.99. The molecule has 0 saturated carbocycles. The summed E-state index contributed by atoms with van der Waals surface area (Å²) >= 11 is 0. The molecular formula is C17H17NO5. The number of hydrogen-bond donors (Lipinski definition) is 0. The van der Waals surface area contributed by atoms with Gasteiger partial charge in [-0.05, 0) is 42.3 Å². The maximum absolute atomic E-state index is 11.8. The molecule has 0 bridgehead atoms. The quantitative estimate of drug-likeness (QED) is 0.453. The summed E-state index contributed by atoms with van der Waals surface area (Å²) in [4.78, 5) is 21.9. The van der Waals surface area contributed by atoms with Crippen LogP contribution in [0, 0.1) is 16.0 Å². The summed E-state index contributed by atoms with van der Waals surface area (Å²) in [5.41, 5.74) is 0.447. The molecule has 0 aliphatic heterocycles. The lowest BCUT2D eigenvalue weighted by atomic mass is 10.2. The average Bonchev–Trinajstić information content (AvgIpc) is 2.54. The zero-order valence-electron chi connectivity index (χ0n) is 12.9. The lowest BCUT2D eigenvalue weighted by Crippen LogP contribution is -2.09. The minimum absolute atomic E-state index is 0.000552. The van der Waals surface area contributed by atoms with Crippen LogP contribution >= 0.6 is 0 Å². The molecule has 6 nitrogen and oxygen atoms in total. The molecule has 120 valence electrons. The molecule has 0 aromatic heterocycles. The van der Waals surface area contributed by atoms with E-state index >= 15 is 0 Å². The Kier molecular flexibility index (Phi) is 5.30. The van der Waals surface area contributed by atoms with E-state index in [0.717, 1.165) is 0 Å². The van der Waals surface area contributed by atoms with E-state index in [4.69, 9.17) is 9.47 Å². The number of carbonyl (C=O) groups is 1. The van der Waals surface area contributed by atoms with Gasteiger partial charge in [0.1, 0.15) is 11.5 Å². The van der Waals surface area contributed by atoms with E-state index in [9.17, 15) is 14.9 Å². The second kappa shape index (κ2) is 7.40. The second-order valence-corrected chi connectivity index (χ2v) is 5.37. The van der Waals surface area contributed by atoms with Crippen LogP contribution in [0.2, 0.25) is 0 Å². The molecule has 0 radical (unpaired) electrons. The first kappa shape index (κ1) is 16.5. The molecule has 23 heavy (non-hydrogen) atoms. The highest BCUT2D eigenvalue weighted by Gasteiger charge is 2.09. The third-order valence-corrected chi connectivity index (χ3v) is 2.92. The number of carbonyl (C=O) groups excluding carboxylic acids is 1. The van der Waals surface area contributed by atoms with Gasteiger partial charge in [-0.1, -0.05) is 13.8 Å². The van der Waals surface area contributed by atoms with Gasteiger partial charge in [-0.3, -0.25) is 10.1 Å². The van der Waals surface area contributed by atoms with E-state index < -0.39 is 4.92 Å². The van der Waals surface area contributed by atoms with Gasteiger partial charge in [-0.25, -0.2) is 4.79 Å². The van der Waals surface area contributed by atoms with Gasteiger partial charge in [-0.15, -0.1) is 0 Å². The van der Waals surface area contributed by atoms with Gasteiger partial charge >= 0.3 is 5.97 Å². The standard InChI is InChI=1S/C17H17NO5/c1-12(2)11-22-17(19)13-3-7-15(8-4-13)23-16-9-5-14(6-10-16)18(20)21/h3-10,12H,11H2,1-2H3. The first-order valence-corrected chi connectivity index (χ1v) is 7.15. The van der Waals surface area contributed by atoms with Crippen molar-refractivity contribution in [1.82, 2.24) is 0 Å². The van der Waals surface area contributed by atoms with Crippen LogP contribution in [-0.4, -0.2) is 17.5 Å². The van der Waals surface area contributed by atoms with E-state index in [0.29, 0.717) is 23.7 Å². The van der Waals surface area contributed by atoms with Crippen molar-refractivity contribution >= 4 is 11.7 Å². The summed E-state index contributed by atoms with van der Waals surface area (Å²) in [5.74, 6) is 0.911. The molecule has 0 unspecified atom stereocenters. The van der Waals surface area contributed by atoms with E-state index in [1.165, 1.54) is 24.3 Å². The molecule has 0 atom stereocenters. The maximum Gasteiger partial charge on any atom is 0.338 e. The molecule has 0 N–H and O–H groups in total. The van der Waals surface area contributed by atoms with E-state index in [1.54, 1.807) is 24.3 Å². The third-order valence-electron chi connectivity index (χ3n) is 2.92. The lowest BCUT2D eigenvalue weighted by molar-refractivity contribution is -0.384. The van der Waals surface area contributed by atoms with Crippen LogP contribution in [0.3, 0.4) is 0 Å². The summed E-state index contributed by atoms with van der Waals surface area (Å²) in [6.07, 6.45) is 0. The Hall–Kier alpha value is -2.89. The highest BCUT2D eigenvalue weighted by molar-refractivity contribution is 5.89. The topological polar surface area (TPSA) is 78.7 Å². The number of non-ortho nitro benzene ring substituents is 1. The van der Waals surface area contributed by atoms with Gasteiger partial charge in [0, 0.05) is 12.1 Å². The van der Waals surface area contributed by atoms with Gasteiger partial charge < -0.3 is 9.47 Å². The minimum atomic E-state index is -0.471. The molecular weight excluding hydrogens is 298 g/mol. The number of hydrogen-bond acceptors (Lipinski definition) is 5. The van der Waals surface area contributed by atoms with Gasteiger partial charge in [0.05, 0.1) is 17.1 Å². The highest BCUT2D eigenvalue weighted by Crippen LogP contribution is 2.24. The van der Waals surface area contributed by atoms with Crippen molar-refractivity contribution in [2.75, 3.05) is 6.61 Å². The third kappa shape index (κ3) is 4.81. The fourth-order valence-corrected chi connectivity index (χ4v) is 1.76. The Morgan fingerprint density at radius 1 is 1.04 bits per heavy atom. The van der Waals surface area contributed by atoms with E-state index in [2.05, 4.69) is 0 Å². The predicted octanol–water partition coefficient (Wildman–Crippen LogP) is 4.20. The Morgan fingerprint density at radius 3 is 2.04 bits per heavy atom. The van der Waals surface area contributed by atoms with Crippen LogP contribution in [0.1, 0.15) is 24.2 Å². The van der Waals surface area contributed by atoms with Crippen molar-refractivity contribution in [1.29, 1.82) is 0 Å². The molecule has 2 rings (SSSR count). The van der Waals surface area contributed by atoms with Gasteiger partial charge in [0.25, 0.3) is 5.69 Å². The molecule has 0 heterocycles. The van der Waals surface area contributed by atoms with Crippen molar-refractivity contribution in [2.24, 2.45) is 5.92 Å². The van der Waals surface area contributed by atoms with Crippen LogP contribution in [0.4, 0.5) is 5.69 Å². The fraction of sp³-hybridized carbons (Fsp3) is 0.235. The number of esters is 1. The van der Waals surface area contributed by atoms with Crippen LogP contribution in [-0.2, 0) is 4.74 Å². The van der Waals surface area contributed by atoms with Gasteiger partial charge in [0.2, 0.25) is 0 Å². The molecule has 6 heteroatoms. The number of nitro groups is 1. The molecule has 0 aliphatic carbocycles. The molecule has 0 amide bonds. The number of benzene rings is 2. The van der Waals surface area contributed by atoms with Crippen LogP contribution in [0.25, 0.3) is 0 Å². The number of nitro benzene ring substituents is 1. The van der Waals surface area contributed by atoms with Crippen LogP contribution < -0.4 is 4.74 Å². The first-order chi connectivity index (χ1) is 11.0. The lowest BCUT2D eigenvalue weighted by Gasteiger charge is -2.08. The highest BCUT2D eigenvalue weighted by atomic mass is 16.6. The largest absolute Gasteiger partial charge is 0.462 e. The Morgan fingerprint density at radius 2 is 1.57 bits per heavy atom. The molecule has 2 aromatic rings. The number of nitrogens with zero attached hydrogens (tertiary/aromatic N) is 1. The number of rotatable bonds is 6. The first-order valence-electron chi connectivity index (χ1n) is 7.15. The van der Waals surface area contributed by atoms with Crippen LogP contribution in [0.5, 0.6) is 11.5 Å². The molecule has 0 fully saturated rings. The second-order valence-electron chi connectivity index (χ2n) is 5.37. The van der Waals surface area contributed by atoms with Crippen molar-refractivity contribution < 1.29 is 19.2 Å². The zero-order chi connectivity index (χ0) is 16.8. The number of ether oxygens (including phenoxy) is 2. The van der Waals surface area contributed by atoms with Crippen molar-refractivity contribution in [3.05, 3.63) is 64.2 Å². The van der Waals surface area contributed by atoms with Crippen LogP contribution in [0.15, 0.2) is 48.5 Å². The van der Waals surface area contributed by atoms with Crippen molar-refractivity contribution in [3.63, 3.8) is 0 Å². The summed E-state index contributed by atoms with van der Waals surface area (Å²) in [5, 5.41) is 10.6. The zero-order valence-corrected chi connectivity index (χ0v) is 12.9. The Bertz CT molecular complexity index is 677. The normalized spacial score (nSPS) is 10.4. The SMILES string of the molecule is CC(C)COC(=O)c1ccc(Oc2ccc([N+](=O)[O-])cc2)cc1. The maximum atomic E-state index is 11.8. The summed E-state index contributed by atoms with van der Waals surface area (Å²) in [7, 11) is 0. The molecule has 0 spiro atoms. The van der Waals surface area contributed by atoms with Gasteiger partial charge in [0.15, 0.2) is 0 Å². The molecule has 0 aliphatic rings. The molecule has 0 saturated heterocycles. The minimum Gasteiger partial charge on any atom is -0.462 e. The van der Waals surface area contributed by atoms with Crippen molar-refractivity contribution in [2.45, 2.75) is 13.8 Å². The van der Waals surface area contributed by atoms with E-state index in [-0.39, 0.29) is 17.6 Å². The van der Waals surface area contributed by atoms with Crippen molar-refractivity contribution in [3.8, 4) is 11.5 Å². The predicted molar refractivity (Wildman–Crippen MR) is 84.7 cm³/mol. The average molecular weight is 315 g/mol. The van der Waals surface area contributed by atoms with Gasteiger partial charge in [-0.2, -0.15) is 0 Å². The fourth-order valence-electron chi connectivity index (χ4n) is 1.76. The monoisotopic (exact) mass is 315 g/mol. The smallest absolute Gasteiger partial charge is 0.338 e. The summed E-state index contributed by atoms with van der Waals surface area (Å²) in [6, 6.07) is 12.3. The Labute approximate surface area is 133 Å². The summed E-state index contributed by atoms with van der Waals surface area (Å²) in [6.45, 7) is 4.31.